The molecule has 1 heterocycles. The lowest BCUT2D eigenvalue weighted by Gasteiger charge is -2.11. The quantitative estimate of drug-likeness (QED) is 0.855. The van der Waals surface area contributed by atoms with Gasteiger partial charge in [0.2, 0.25) is 11.8 Å². The highest BCUT2D eigenvalue weighted by atomic mass is 19.1. The Labute approximate surface area is 120 Å². The second-order valence-electron chi connectivity index (χ2n) is 4.75. The number of aromatic hydroxyl groups is 1. The normalized spacial score (nSPS) is 13.1. The van der Waals surface area contributed by atoms with Crippen molar-refractivity contribution >= 4 is 0 Å². The summed E-state index contributed by atoms with van der Waals surface area (Å²) in [5.74, 6) is -0.605. The van der Waals surface area contributed by atoms with Gasteiger partial charge in [0.1, 0.15) is 5.75 Å². The van der Waals surface area contributed by atoms with Crippen LogP contribution in [-0.4, -0.2) is 16.6 Å². The topological polar surface area (TPSA) is 42.4 Å². The van der Waals surface area contributed by atoms with Crippen LogP contribution >= 0.6 is 0 Å². The highest BCUT2D eigenvalue weighted by molar-refractivity contribution is 5.66. The fraction of sp³-hybridized carbons (Fsp3) is 0.312. The van der Waals surface area contributed by atoms with Gasteiger partial charge in [-0.1, -0.05) is 26.0 Å². The molecule has 0 atom stereocenters. The first-order chi connectivity index (χ1) is 10.2. The Kier molecular flexibility index (Phi) is 3.46. The first-order valence-electron chi connectivity index (χ1n) is 7.35. The second-order valence-corrected chi connectivity index (χ2v) is 4.75. The number of aromatic nitrogens is 1. The predicted molar refractivity (Wildman–Crippen MR) is 76.6 cm³/mol. The molecule has 2 rings (SSSR count). The Bertz CT molecular complexity index is 684. The van der Waals surface area contributed by atoms with Crippen LogP contribution in [0.15, 0.2) is 30.3 Å². The van der Waals surface area contributed by atoms with Gasteiger partial charge in [-0.2, -0.15) is 9.37 Å². The number of halogens is 1. The summed E-state index contributed by atoms with van der Waals surface area (Å²) < 4.78 is 33.3. The molecule has 3 nitrogen and oxygen atoms in total. The van der Waals surface area contributed by atoms with Crippen LogP contribution in [-0.2, 0) is 0 Å². The van der Waals surface area contributed by atoms with E-state index in [9.17, 15) is 9.50 Å². The molecule has 0 saturated carbocycles. The van der Waals surface area contributed by atoms with Gasteiger partial charge in [-0.3, -0.25) is 0 Å². The summed E-state index contributed by atoms with van der Waals surface area (Å²) in [5.41, 5.74) is 1.86. The second kappa shape index (κ2) is 5.90. The first-order valence-corrected chi connectivity index (χ1v) is 6.35. The van der Waals surface area contributed by atoms with Crippen LogP contribution in [0.1, 0.15) is 35.0 Å². The van der Waals surface area contributed by atoms with E-state index in [1.165, 1.54) is 19.1 Å². The van der Waals surface area contributed by atoms with Gasteiger partial charge in [0.25, 0.3) is 0 Å². The number of ether oxygens (including phenoxy) is 1. The maximum absolute atomic E-state index is 13.6. The van der Waals surface area contributed by atoms with Crippen molar-refractivity contribution in [2.45, 2.75) is 26.7 Å². The third kappa shape index (κ3) is 3.07. The lowest BCUT2D eigenvalue weighted by Crippen LogP contribution is -1.97. The van der Waals surface area contributed by atoms with E-state index in [-0.39, 0.29) is 17.5 Å². The molecule has 0 aliphatic rings. The third-order valence-electron chi connectivity index (χ3n) is 2.96. The molecule has 20 heavy (non-hydrogen) atoms. The van der Waals surface area contributed by atoms with Crippen molar-refractivity contribution in [3.05, 3.63) is 41.8 Å². The average Bonchev–Trinajstić information content (AvgIpc) is 2.35. The number of hydrogen-bond donors (Lipinski definition) is 1. The number of rotatable bonds is 4. The molecule has 0 aliphatic carbocycles. The van der Waals surface area contributed by atoms with Crippen molar-refractivity contribution in [3.8, 4) is 22.8 Å². The maximum atomic E-state index is 13.6. The standard InChI is InChI=1S/C16H18FNO2/c1-4-20-16-9-12(8-15(17)18-16)11-5-6-13(10(2)3)14(19)7-11/h5-10,19H,4H2,1-3H3/i4D2. The van der Waals surface area contributed by atoms with E-state index in [4.69, 9.17) is 7.48 Å². The third-order valence-corrected chi connectivity index (χ3v) is 2.96. The molecule has 0 aliphatic heterocycles. The van der Waals surface area contributed by atoms with E-state index in [1.807, 2.05) is 13.8 Å². The van der Waals surface area contributed by atoms with Gasteiger partial charge >= 0.3 is 0 Å². The van der Waals surface area contributed by atoms with Crippen LogP contribution in [0.4, 0.5) is 4.39 Å². The molecule has 0 bridgehead atoms. The molecule has 2 aromatic rings. The molecule has 0 spiro atoms. The lowest BCUT2D eigenvalue weighted by molar-refractivity contribution is 0.321. The van der Waals surface area contributed by atoms with Crippen molar-refractivity contribution in [3.63, 3.8) is 0 Å². The molecule has 1 aromatic heterocycles. The molecule has 1 aromatic carbocycles. The van der Waals surface area contributed by atoms with Gasteiger partial charge < -0.3 is 9.84 Å². The molecule has 1 N–H and O–H groups in total. The molecular formula is C16H18FNO2. The summed E-state index contributed by atoms with van der Waals surface area (Å²) in [6.45, 7) is 3.19. The summed E-state index contributed by atoms with van der Waals surface area (Å²) in [6.07, 6.45) is 0. The van der Waals surface area contributed by atoms with E-state index < -0.39 is 12.5 Å². The van der Waals surface area contributed by atoms with Gasteiger partial charge in [0, 0.05) is 12.1 Å². The van der Waals surface area contributed by atoms with Crippen molar-refractivity contribution in [1.82, 2.24) is 4.98 Å². The number of phenols is 1. The summed E-state index contributed by atoms with van der Waals surface area (Å²) in [6, 6.07) is 7.76. The van der Waals surface area contributed by atoms with Crippen LogP contribution in [0.3, 0.4) is 0 Å². The Balaban J connectivity index is 2.42. The predicted octanol–water partition coefficient (Wildman–Crippen LogP) is 4.12. The maximum Gasteiger partial charge on any atom is 0.216 e. The summed E-state index contributed by atoms with van der Waals surface area (Å²) >= 11 is 0. The van der Waals surface area contributed by atoms with Crippen molar-refractivity contribution < 1.29 is 17.0 Å². The minimum absolute atomic E-state index is 0.137. The molecule has 0 radical (unpaired) electrons. The highest BCUT2D eigenvalue weighted by Gasteiger charge is 2.10. The molecule has 0 unspecified atom stereocenters. The zero-order valence-corrected chi connectivity index (χ0v) is 11.6. The molecule has 0 saturated heterocycles. The largest absolute Gasteiger partial charge is 0.508 e. The smallest absolute Gasteiger partial charge is 0.216 e. The van der Waals surface area contributed by atoms with Crippen LogP contribution in [0.2, 0.25) is 0 Å². The monoisotopic (exact) mass is 277 g/mol. The van der Waals surface area contributed by atoms with Gasteiger partial charge in [-0.25, -0.2) is 0 Å². The van der Waals surface area contributed by atoms with Crippen LogP contribution < -0.4 is 4.74 Å². The molecular weight excluding hydrogens is 257 g/mol. The SMILES string of the molecule is [2H]C([2H])(C)Oc1cc(-c2ccc(C(C)C)c(O)c2)cc(F)n1. The molecule has 0 amide bonds. The highest BCUT2D eigenvalue weighted by Crippen LogP contribution is 2.31. The fourth-order valence-corrected chi connectivity index (χ4v) is 2.01. The number of phenolic OH excluding ortho intramolecular Hbond substituents is 1. The minimum atomic E-state index is -1.96. The molecule has 0 fully saturated rings. The average molecular weight is 277 g/mol. The van der Waals surface area contributed by atoms with Gasteiger partial charge in [-0.05, 0) is 35.6 Å². The van der Waals surface area contributed by atoms with E-state index in [2.05, 4.69) is 4.98 Å². The number of nitrogens with zero attached hydrogens (tertiary/aromatic N) is 1. The zero-order valence-electron chi connectivity index (χ0n) is 13.6. The Morgan fingerprint density at radius 1 is 1.30 bits per heavy atom. The van der Waals surface area contributed by atoms with E-state index in [0.29, 0.717) is 11.1 Å². The van der Waals surface area contributed by atoms with E-state index in [1.54, 1.807) is 18.2 Å². The van der Waals surface area contributed by atoms with Crippen molar-refractivity contribution in [2.75, 3.05) is 6.56 Å². The first kappa shape index (κ1) is 11.7. The zero-order chi connectivity index (χ0) is 16.5. The van der Waals surface area contributed by atoms with E-state index >= 15 is 0 Å². The van der Waals surface area contributed by atoms with Gasteiger partial charge in [0.15, 0.2) is 0 Å². The van der Waals surface area contributed by atoms with Gasteiger partial charge in [-0.15, -0.1) is 0 Å². The Hall–Kier alpha value is -2.10. The van der Waals surface area contributed by atoms with Gasteiger partial charge in [0.05, 0.1) is 9.30 Å². The van der Waals surface area contributed by atoms with Crippen LogP contribution in [0, 0.1) is 5.95 Å². The Morgan fingerprint density at radius 2 is 2.05 bits per heavy atom. The Morgan fingerprint density at radius 3 is 2.65 bits per heavy atom. The van der Waals surface area contributed by atoms with Crippen LogP contribution in [0.5, 0.6) is 11.6 Å². The molecule has 4 heteroatoms. The minimum Gasteiger partial charge on any atom is -0.508 e. The number of benzene rings is 1. The van der Waals surface area contributed by atoms with Crippen molar-refractivity contribution in [1.29, 1.82) is 0 Å². The summed E-state index contributed by atoms with van der Waals surface area (Å²) in [5, 5.41) is 10.0. The number of pyridine rings is 1. The summed E-state index contributed by atoms with van der Waals surface area (Å²) in [4.78, 5) is 3.52. The molecule has 106 valence electrons. The lowest BCUT2D eigenvalue weighted by atomic mass is 9.98. The van der Waals surface area contributed by atoms with E-state index in [0.717, 1.165) is 5.56 Å². The van der Waals surface area contributed by atoms with Crippen LogP contribution in [0.25, 0.3) is 11.1 Å². The van der Waals surface area contributed by atoms with Crippen molar-refractivity contribution in [2.24, 2.45) is 0 Å². The fourth-order valence-electron chi connectivity index (χ4n) is 2.01. The number of hydrogen-bond acceptors (Lipinski definition) is 3. The summed E-state index contributed by atoms with van der Waals surface area (Å²) in [7, 11) is 0.